The molecular formula is C11H17N3O2S. The number of aromatic carboxylic acids is 1. The van der Waals surface area contributed by atoms with E-state index in [0.717, 1.165) is 24.6 Å². The molecule has 2 rings (SSSR count). The molecule has 1 aromatic rings. The molecule has 5 nitrogen and oxygen atoms in total. The van der Waals surface area contributed by atoms with Gasteiger partial charge < -0.3 is 14.9 Å². The molecule has 1 aliphatic rings. The van der Waals surface area contributed by atoms with Gasteiger partial charge in [0.1, 0.15) is 0 Å². The van der Waals surface area contributed by atoms with Gasteiger partial charge in [0.05, 0.1) is 0 Å². The lowest BCUT2D eigenvalue weighted by atomic mass is 10.1. The minimum atomic E-state index is -0.957. The molecule has 1 saturated heterocycles. The lowest BCUT2D eigenvalue weighted by Gasteiger charge is -2.35. The van der Waals surface area contributed by atoms with E-state index in [1.54, 1.807) is 5.38 Å². The fraction of sp³-hybridized carbons (Fsp3) is 0.636. The van der Waals surface area contributed by atoms with Crippen molar-refractivity contribution in [1.29, 1.82) is 0 Å². The van der Waals surface area contributed by atoms with Gasteiger partial charge in [-0.25, -0.2) is 9.78 Å². The number of thiazole rings is 1. The largest absolute Gasteiger partial charge is 0.476 e. The summed E-state index contributed by atoms with van der Waals surface area (Å²) in [5, 5.41) is 11.2. The first-order valence-corrected chi connectivity index (χ1v) is 6.56. The van der Waals surface area contributed by atoms with Crippen molar-refractivity contribution in [1.82, 2.24) is 9.88 Å². The van der Waals surface area contributed by atoms with Crippen molar-refractivity contribution in [2.75, 3.05) is 32.1 Å². The Hall–Kier alpha value is -1.14. The monoisotopic (exact) mass is 255 g/mol. The van der Waals surface area contributed by atoms with E-state index < -0.39 is 5.97 Å². The lowest BCUT2D eigenvalue weighted by Crippen LogP contribution is -2.45. The van der Waals surface area contributed by atoms with Crippen LogP contribution < -0.4 is 4.90 Å². The van der Waals surface area contributed by atoms with Crippen molar-refractivity contribution >= 4 is 22.4 Å². The molecule has 0 spiro atoms. The fourth-order valence-electron chi connectivity index (χ4n) is 2.14. The number of likely N-dealkylation sites (N-methyl/N-ethyl adjacent to an activating group) is 2. The molecule has 1 fully saturated rings. The molecule has 2 heterocycles. The van der Waals surface area contributed by atoms with Crippen LogP contribution in [0.2, 0.25) is 0 Å². The number of carboxylic acids is 1. The molecule has 6 heteroatoms. The summed E-state index contributed by atoms with van der Waals surface area (Å²) in [5.41, 5.74) is 0.140. The zero-order chi connectivity index (χ0) is 12.4. The Kier molecular flexibility index (Phi) is 3.63. The lowest BCUT2D eigenvalue weighted by molar-refractivity contribution is 0.0691. The summed E-state index contributed by atoms with van der Waals surface area (Å²) in [4.78, 5) is 19.3. The smallest absolute Gasteiger partial charge is 0.355 e. The third-order valence-electron chi connectivity index (χ3n) is 3.16. The molecule has 1 N–H and O–H groups in total. The van der Waals surface area contributed by atoms with Crippen molar-refractivity contribution in [3.8, 4) is 0 Å². The number of piperidine rings is 1. The Morgan fingerprint density at radius 1 is 1.71 bits per heavy atom. The highest BCUT2D eigenvalue weighted by Gasteiger charge is 2.23. The maximum Gasteiger partial charge on any atom is 0.355 e. The fourth-order valence-corrected chi connectivity index (χ4v) is 2.97. The van der Waals surface area contributed by atoms with Gasteiger partial charge in [-0.1, -0.05) is 0 Å². The summed E-state index contributed by atoms with van der Waals surface area (Å²) in [6.45, 7) is 2.15. The van der Waals surface area contributed by atoms with Crippen molar-refractivity contribution in [2.45, 2.75) is 18.9 Å². The normalized spacial score (nSPS) is 21.4. The first-order valence-electron chi connectivity index (χ1n) is 5.68. The molecule has 0 aliphatic carbocycles. The van der Waals surface area contributed by atoms with E-state index in [2.05, 4.69) is 21.8 Å². The van der Waals surface area contributed by atoms with Crippen molar-refractivity contribution in [3.63, 3.8) is 0 Å². The van der Waals surface area contributed by atoms with Crippen LogP contribution in [0.4, 0.5) is 5.13 Å². The van der Waals surface area contributed by atoms with Crippen molar-refractivity contribution in [3.05, 3.63) is 11.1 Å². The molecule has 0 saturated carbocycles. The quantitative estimate of drug-likeness (QED) is 0.884. The number of likely N-dealkylation sites (tertiary alicyclic amines) is 1. The molecule has 0 amide bonds. The number of carbonyl (C=O) groups is 1. The Balaban J connectivity index is 2.07. The molecule has 0 bridgehead atoms. The Morgan fingerprint density at radius 3 is 3.06 bits per heavy atom. The van der Waals surface area contributed by atoms with Gasteiger partial charge >= 0.3 is 5.97 Å². The molecule has 0 aromatic carbocycles. The van der Waals surface area contributed by atoms with E-state index >= 15 is 0 Å². The van der Waals surface area contributed by atoms with Crippen molar-refractivity contribution in [2.24, 2.45) is 0 Å². The summed E-state index contributed by atoms with van der Waals surface area (Å²) < 4.78 is 0. The second-order valence-electron chi connectivity index (χ2n) is 4.49. The highest BCUT2D eigenvalue weighted by molar-refractivity contribution is 7.13. The first-order chi connectivity index (χ1) is 8.08. The van der Waals surface area contributed by atoms with Crippen LogP contribution in [-0.4, -0.2) is 54.2 Å². The minimum absolute atomic E-state index is 0.140. The second-order valence-corrected chi connectivity index (χ2v) is 5.33. The SMILES string of the molecule is CN1CCCC(N(C)c2nc(C(=O)O)cs2)C1. The van der Waals surface area contributed by atoms with Gasteiger partial charge in [0.15, 0.2) is 10.8 Å². The summed E-state index contributed by atoms with van der Waals surface area (Å²) in [7, 11) is 4.11. The Labute approximate surface area is 105 Å². The zero-order valence-electron chi connectivity index (χ0n) is 10.1. The number of anilines is 1. The molecule has 0 radical (unpaired) electrons. The van der Waals surface area contributed by atoms with Gasteiger partial charge in [0, 0.05) is 25.0 Å². The third kappa shape index (κ3) is 2.76. The molecule has 17 heavy (non-hydrogen) atoms. The van der Waals surface area contributed by atoms with Crippen molar-refractivity contribution < 1.29 is 9.90 Å². The zero-order valence-corrected chi connectivity index (χ0v) is 10.9. The average molecular weight is 255 g/mol. The van der Waals surface area contributed by atoms with Gasteiger partial charge in [-0.2, -0.15) is 0 Å². The molecular weight excluding hydrogens is 238 g/mol. The van der Waals surface area contributed by atoms with Gasteiger partial charge in [-0.3, -0.25) is 0 Å². The van der Waals surface area contributed by atoms with Gasteiger partial charge in [0.25, 0.3) is 0 Å². The van der Waals surface area contributed by atoms with E-state index in [4.69, 9.17) is 5.11 Å². The summed E-state index contributed by atoms with van der Waals surface area (Å²) in [6.07, 6.45) is 2.32. The third-order valence-corrected chi connectivity index (χ3v) is 4.09. The van der Waals surface area contributed by atoms with Crippen LogP contribution in [0.1, 0.15) is 23.3 Å². The maximum absolute atomic E-state index is 10.8. The van der Waals surface area contributed by atoms with Crippen LogP contribution in [0.25, 0.3) is 0 Å². The molecule has 1 aliphatic heterocycles. The second kappa shape index (κ2) is 5.01. The van der Waals surface area contributed by atoms with Gasteiger partial charge in [0.2, 0.25) is 0 Å². The number of carboxylic acid groups (broad SMARTS) is 1. The minimum Gasteiger partial charge on any atom is -0.476 e. The number of hydrogen-bond donors (Lipinski definition) is 1. The molecule has 1 aromatic heterocycles. The van der Waals surface area contributed by atoms with Gasteiger partial charge in [-0.15, -0.1) is 11.3 Å². The van der Waals surface area contributed by atoms with Crippen LogP contribution in [0.5, 0.6) is 0 Å². The maximum atomic E-state index is 10.8. The van der Waals surface area contributed by atoms with Gasteiger partial charge in [-0.05, 0) is 26.4 Å². The first kappa shape index (κ1) is 12.3. The summed E-state index contributed by atoms with van der Waals surface area (Å²) in [5.74, 6) is -0.957. The summed E-state index contributed by atoms with van der Waals surface area (Å²) in [6, 6.07) is 0.432. The van der Waals surface area contributed by atoms with Crippen LogP contribution in [0, 0.1) is 0 Å². The highest BCUT2D eigenvalue weighted by Crippen LogP contribution is 2.24. The Bertz CT molecular complexity index is 407. The Morgan fingerprint density at radius 2 is 2.47 bits per heavy atom. The number of hydrogen-bond acceptors (Lipinski definition) is 5. The van der Waals surface area contributed by atoms with Crippen LogP contribution in [0.15, 0.2) is 5.38 Å². The standard InChI is InChI=1S/C11H17N3O2S/c1-13-5-3-4-8(6-13)14(2)11-12-9(7-17-11)10(15)16/h7-8H,3-6H2,1-2H3,(H,15,16). The van der Waals surface area contributed by atoms with E-state index in [9.17, 15) is 4.79 Å². The van der Waals surface area contributed by atoms with Crippen LogP contribution >= 0.6 is 11.3 Å². The van der Waals surface area contributed by atoms with Crippen LogP contribution in [0.3, 0.4) is 0 Å². The predicted octanol–water partition coefficient (Wildman–Crippen LogP) is 1.37. The number of rotatable bonds is 3. The molecule has 94 valence electrons. The number of nitrogens with zero attached hydrogens (tertiary/aromatic N) is 3. The van der Waals surface area contributed by atoms with Crippen LogP contribution in [-0.2, 0) is 0 Å². The highest BCUT2D eigenvalue weighted by atomic mass is 32.1. The average Bonchev–Trinajstić information content (AvgIpc) is 2.77. The molecule has 1 atom stereocenters. The van der Waals surface area contributed by atoms with E-state index in [-0.39, 0.29) is 5.69 Å². The predicted molar refractivity (Wildman–Crippen MR) is 68.0 cm³/mol. The van der Waals surface area contributed by atoms with E-state index in [1.165, 1.54) is 17.8 Å². The molecule has 1 unspecified atom stereocenters. The van der Waals surface area contributed by atoms with E-state index in [1.807, 2.05) is 7.05 Å². The number of aromatic nitrogens is 1. The topological polar surface area (TPSA) is 56.7 Å². The summed E-state index contributed by atoms with van der Waals surface area (Å²) >= 11 is 1.40. The van der Waals surface area contributed by atoms with E-state index in [0.29, 0.717) is 6.04 Å².